The van der Waals surface area contributed by atoms with Crippen LogP contribution in [0.2, 0.25) is 5.02 Å². The van der Waals surface area contributed by atoms with Crippen molar-refractivity contribution in [2.75, 3.05) is 19.6 Å². The van der Waals surface area contributed by atoms with Crippen molar-refractivity contribution < 1.29 is 18.3 Å². The summed E-state index contributed by atoms with van der Waals surface area (Å²) in [6, 6.07) is 12.1. The Labute approximate surface area is 192 Å². The van der Waals surface area contributed by atoms with Gasteiger partial charge in [-0.3, -0.25) is 4.79 Å². The zero-order chi connectivity index (χ0) is 22.5. The summed E-state index contributed by atoms with van der Waals surface area (Å²) in [6.07, 6.45) is 1.28. The molecule has 1 N–H and O–H groups in total. The highest BCUT2D eigenvalue weighted by molar-refractivity contribution is 7.91. The van der Waals surface area contributed by atoms with Crippen molar-refractivity contribution in [1.29, 1.82) is 0 Å². The topological polar surface area (TPSA) is 104 Å². The number of aromatic nitrogens is 2. The predicted octanol–water partition coefficient (Wildman–Crippen LogP) is 3.24. The van der Waals surface area contributed by atoms with Gasteiger partial charge in [0.1, 0.15) is 10.5 Å². The number of carbonyl (C=O) groups is 1. The van der Waals surface area contributed by atoms with E-state index in [4.69, 9.17) is 11.6 Å². The number of hydrogen-bond donors (Lipinski definition) is 1. The molecule has 32 heavy (non-hydrogen) atoms. The number of halogens is 1. The van der Waals surface area contributed by atoms with Crippen LogP contribution in [0.5, 0.6) is 5.88 Å². The number of rotatable bonds is 4. The van der Waals surface area contributed by atoms with Crippen LogP contribution < -0.4 is 0 Å². The molecule has 0 atom stereocenters. The van der Waals surface area contributed by atoms with Crippen molar-refractivity contribution >= 4 is 59.9 Å². The Hall–Kier alpha value is -2.79. The van der Waals surface area contributed by atoms with Gasteiger partial charge in [0.2, 0.25) is 11.8 Å². The minimum Gasteiger partial charge on any atom is -0.493 e. The fourth-order valence-corrected chi connectivity index (χ4v) is 6.91. The van der Waals surface area contributed by atoms with Gasteiger partial charge in [-0.1, -0.05) is 23.7 Å². The lowest BCUT2D eigenvalue weighted by atomic mass is 10.1. The molecule has 2 aromatic carbocycles. The molecule has 4 aromatic rings. The van der Waals surface area contributed by atoms with Crippen LogP contribution in [0.15, 0.2) is 53.0 Å². The number of hydrogen-bond acceptors (Lipinski definition) is 7. The van der Waals surface area contributed by atoms with E-state index >= 15 is 0 Å². The molecule has 11 heteroatoms. The van der Waals surface area contributed by atoms with Gasteiger partial charge in [0.15, 0.2) is 0 Å². The van der Waals surface area contributed by atoms with Crippen molar-refractivity contribution in [2.45, 2.75) is 10.8 Å². The fraction of sp³-hybridized carbons (Fsp3) is 0.190. The number of nitrogens with zero attached hydrogens (tertiary/aromatic N) is 4. The third-order valence-corrected chi connectivity index (χ3v) is 9.02. The molecule has 1 saturated heterocycles. The smallest absolute Gasteiger partial charge is 0.253 e. The lowest BCUT2D eigenvalue weighted by Gasteiger charge is -2.33. The van der Waals surface area contributed by atoms with Crippen molar-refractivity contribution in [3.63, 3.8) is 0 Å². The number of thiophene rings is 1. The van der Waals surface area contributed by atoms with E-state index in [0.29, 0.717) is 22.5 Å². The fourth-order valence-electron chi connectivity index (χ4n) is 3.70. The summed E-state index contributed by atoms with van der Waals surface area (Å²) in [4.78, 5) is 22.3. The van der Waals surface area contributed by atoms with E-state index in [-0.39, 0.29) is 35.6 Å². The van der Waals surface area contributed by atoms with Gasteiger partial charge in [0, 0.05) is 29.4 Å². The van der Waals surface area contributed by atoms with E-state index in [9.17, 15) is 18.3 Å². The summed E-state index contributed by atoms with van der Waals surface area (Å²) in [5, 5.41) is 11.7. The first kappa shape index (κ1) is 21.1. The summed E-state index contributed by atoms with van der Waals surface area (Å²) in [7, 11) is -3.78. The number of amides is 1. The summed E-state index contributed by atoms with van der Waals surface area (Å²) in [5.41, 5.74) is 1.41. The molecule has 1 amide bonds. The van der Waals surface area contributed by atoms with Crippen molar-refractivity contribution in [2.24, 2.45) is 0 Å². The lowest BCUT2D eigenvalue weighted by Crippen LogP contribution is -2.51. The Morgan fingerprint density at radius 1 is 1.09 bits per heavy atom. The number of fused-ring (bicyclic) bond motifs is 2. The Balaban J connectivity index is 1.32. The van der Waals surface area contributed by atoms with Crippen LogP contribution >= 0.6 is 22.9 Å². The summed E-state index contributed by atoms with van der Waals surface area (Å²) >= 11 is 7.16. The highest BCUT2D eigenvalue weighted by Gasteiger charge is 2.34. The molecule has 0 unspecified atom stereocenters. The van der Waals surface area contributed by atoms with E-state index in [0.717, 1.165) is 27.0 Å². The molecule has 2 aromatic heterocycles. The molecule has 1 aliphatic rings. The number of piperazine rings is 1. The average molecular weight is 489 g/mol. The van der Waals surface area contributed by atoms with Gasteiger partial charge in [0.05, 0.1) is 17.4 Å². The molecule has 5 rings (SSSR count). The highest BCUT2D eigenvalue weighted by Crippen LogP contribution is 2.33. The molecule has 0 bridgehead atoms. The van der Waals surface area contributed by atoms with Crippen LogP contribution in [0, 0.1) is 0 Å². The molecular weight excluding hydrogens is 472 g/mol. The van der Waals surface area contributed by atoms with E-state index in [2.05, 4.69) is 9.97 Å². The second-order valence-corrected chi connectivity index (χ2v) is 11.1. The maximum absolute atomic E-state index is 13.1. The lowest BCUT2D eigenvalue weighted by molar-refractivity contribution is -0.134. The monoisotopic (exact) mass is 488 g/mol. The second kappa shape index (κ2) is 7.96. The molecule has 0 spiro atoms. The molecular formula is C21H17ClN4O4S2. The van der Waals surface area contributed by atoms with Gasteiger partial charge in [-0.15, -0.1) is 11.3 Å². The van der Waals surface area contributed by atoms with E-state index in [1.807, 2.05) is 0 Å². The highest BCUT2D eigenvalue weighted by atomic mass is 35.5. The van der Waals surface area contributed by atoms with E-state index < -0.39 is 10.0 Å². The predicted molar refractivity (Wildman–Crippen MR) is 122 cm³/mol. The zero-order valence-electron chi connectivity index (χ0n) is 16.6. The van der Waals surface area contributed by atoms with Crippen LogP contribution in [-0.4, -0.2) is 58.2 Å². The first-order valence-electron chi connectivity index (χ1n) is 9.71. The standard InChI is InChI=1S/C21H17ClN4O4S2/c22-15-3-2-14-8-20(31-18(14)9-15)32(29,30)26-6-5-25(19(27)11-26)10-13-1-4-16-17(7-13)23-12-24-21(16)28/h1-4,7-9,12H,5-6,10-11H2,(H,23,24,28). The number of benzene rings is 2. The first-order valence-corrected chi connectivity index (χ1v) is 12.3. The molecule has 1 aliphatic heterocycles. The molecule has 8 nitrogen and oxygen atoms in total. The molecule has 0 saturated carbocycles. The maximum atomic E-state index is 13.1. The molecule has 0 aliphatic carbocycles. The van der Waals surface area contributed by atoms with Gasteiger partial charge in [-0.25, -0.2) is 18.4 Å². The SMILES string of the molecule is O=C1CN(S(=O)(=O)c2cc3ccc(Cl)cc3s2)CCN1Cc1ccc2c(O)ncnc2c1. The van der Waals surface area contributed by atoms with Gasteiger partial charge in [-0.05, 0) is 41.3 Å². The maximum Gasteiger partial charge on any atom is 0.253 e. The molecule has 0 radical (unpaired) electrons. The summed E-state index contributed by atoms with van der Waals surface area (Å²) in [6.45, 7) is 0.601. The quantitative estimate of drug-likeness (QED) is 0.473. The van der Waals surface area contributed by atoms with Gasteiger partial charge < -0.3 is 10.0 Å². The van der Waals surface area contributed by atoms with Gasteiger partial charge in [0.25, 0.3) is 10.0 Å². The third-order valence-electron chi connectivity index (χ3n) is 5.39. The van der Waals surface area contributed by atoms with Gasteiger partial charge in [-0.2, -0.15) is 4.31 Å². The molecule has 1 fully saturated rings. The molecule has 164 valence electrons. The van der Waals surface area contributed by atoms with Crippen LogP contribution in [0.25, 0.3) is 21.0 Å². The molecule has 3 heterocycles. The Kier molecular flexibility index (Phi) is 5.25. The van der Waals surface area contributed by atoms with Gasteiger partial charge >= 0.3 is 0 Å². The Morgan fingerprint density at radius 3 is 2.75 bits per heavy atom. The second-order valence-electron chi connectivity index (χ2n) is 7.45. The minimum atomic E-state index is -3.78. The Bertz CT molecular complexity index is 1470. The number of aromatic hydroxyl groups is 1. The zero-order valence-corrected chi connectivity index (χ0v) is 19.0. The van der Waals surface area contributed by atoms with Crippen LogP contribution in [0.1, 0.15) is 5.56 Å². The van der Waals surface area contributed by atoms with Crippen LogP contribution in [0.3, 0.4) is 0 Å². The third kappa shape index (κ3) is 3.79. The first-order chi connectivity index (χ1) is 15.3. The Morgan fingerprint density at radius 2 is 1.94 bits per heavy atom. The van der Waals surface area contributed by atoms with E-state index in [1.165, 1.54) is 10.6 Å². The summed E-state index contributed by atoms with van der Waals surface area (Å²) < 4.78 is 28.5. The normalized spacial score (nSPS) is 15.7. The largest absolute Gasteiger partial charge is 0.493 e. The average Bonchev–Trinajstić information content (AvgIpc) is 3.19. The van der Waals surface area contributed by atoms with E-state index in [1.54, 1.807) is 47.4 Å². The summed E-state index contributed by atoms with van der Waals surface area (Å²) in [5.74, 6) is -0.366. The van der Waals surface area contributed by atoms with Crippen molar-refractivity contribution in [3.8, 4) is 5.88 Å². The number of carbonyl (C=O) groups excluding carboxylic acids is 1. The minimum absolute atomic E-state index is 0.0973. The van der Waals surface area contributed by atoms with Crippen LogP contribution in [0.4, 0.5) is 0 Å². The van der Waals surface area contributed by atoms with Crippen molar-refractivity contribution in [3.05, 3.63) is 59.4 Å². The van der Waals surface area contributed by atoms with Crippen molar-refractivity contribution in [1.82, 2.24) is 19.2 Å². The van der Waals surface area contributed by atoms with Crippen LogP contribution in [-0.2, 0) is 21.4 Å². The number of sulfonamides is 1.